The largest absolute Gasteiger partial charge is 0.378 e. The number of Topliss-reactive ketones (excluding diaryl/α,β-unsaturated/α-hetero) is 1. The molecule has 0 bridgehead atoms. The highest BCUT2D eigenvalue weighted by Gasteiger charge is 2.19. The Hall–Kier alpha value is -1.20. The van der Waals surface area contributed by atoms with Crippen LogP contribution in [-0.4, -0.2) is 42.1 Å². The number of hydrogen-bond acceptors (Lipinski definition) is 5. The number of rotatable bonds is 2. The fourth-order valence-corrected chi connectivity index (χ4v) is 1.75. The van der Waals surface area contributed by atoms with Crippen LogP contribution in [-0.2, 0) is 4.74 Å². The van der Waals surface area contributed by atoms with E-state index in [1.165, 1.54) is 13.1 Å². The minimum Gasteiger partial charge on any atom is -0.378 e. The van der Waals surface area contributed by atoms with Crippen LogP contribution in [0.15, 0.2) is 6.20 Å². The SMILES string of the molecule is CC(=O)c1cnc(Cl)nc1N1CCOCC1. The molecule has 0 N–H and O–H groups in total. The Morgan fingerprint density at radius 2 is 2.19 bits per heavy atom. The number of ketones is 1. The lowest BCUT2D eigenvalue weighted by Crippen LogP contribution is -2.37. The maximum atomic E-state index is 11.4. The molecule has 1 fully saturated rings. The second-order valence-electron chi connectivity index (χ2n) is 3.53. The maximum Gasteiger partial charge on any atom is 0.224 e. The summed E-state index contributed by atoms with van der Waals surface area (Å²) in [5, 5.41) is 0.159. The van der Waals surface area contributed by atoms with Crippen molar-refractivity contribution in [3.8, 4) is 0 Å². The summed E-state index contributed by atoms with van der Waals surface area (Å²) in [6.07, 6.45) is 1.47. The topological polar surface area (TPSA) is 55.3 Å². The van der Waals surface area contributed by atoms with Crippen molar-refractivity contribution in [1.29, 1.82) is 0 Å². The summed E-state index contributed by atoms with van der Waals surface area (Å²) in [5.41, 5.74) is 0.506. The van der Waals surface area contributed by atoms with Crippen LogP contribution < -0.4 is 4.90 Å². The van der Waals surface area contributed by atoms with Crippen LogP contribution in [0, 0.1) is 0 Å². The average Bonchev–Trinajstić information content (AvgIpc) is 2.29. The lowest BCUT2D eigenvalue weighted by atomic mass is 10.2. The molecule has 0 spiro atoms. The third-order valence-corrected chi connectivity index (χ3v) is 2.61. The van der Waals surface area contributed by atoms with Gasteiger partial charge in [0, 0.05) is 19.3 Å². The number of carbonyl (C=O) groups is 1. The van der Waals surface area contributed by atoms with Gasteiger partial charge in [0.05, 0.1) is 18.8 Å². The van der Waals surface area contributed by atoms with Gasteiger partial charge in [-0.15, -0.1) is 0 Å². The molecule has 1 aliphatic heterocycles. The van der Waals surface area contributed by atoms with E-state index in [4.69, 9.17) is 16.3 Å². The molecular weight excluding hydrogens is 230 g/mol. The van der Waals surface area contributed by atoms with Gasteiger partial charge in [0.2, 0.25) is 5.28 Å². The van der Waals surface area contributed by atoms with Gasteiger partial charge in [-0.3, -0.25) is 4.79 Å². The second kappa shape index (κ2) is 4.76. The fraction of sp³-hybridized carbons (Fsp3) is 0.500. The predicted molar refractivity (Wildman–Crippen MR) is 60.1 cm³/mol. The summed E-state index contributed by atoms with van der Waals surface area (Å²) in [7, 11) is 0. The third-order valence-electron chi connectivity index (χ3n) is 2.43. The van der Waals surface area contributed by atoms with Crippen molar-refractivity contribution in [3.05, 3.63) is 17.0 Å². The molecule has 1 aliphatic rings. The van der Waals surface area contributed by atoms with Crippen molar-refractivity contribution in [2.45, 2.75) is 6.92 Å². The number of hydrogen-bond donors (Lipinski definition) is 0. The first kappa shape index (κ1) is 11.3. The molecule has 1 aromatic rings. The summed E-state index contributed by atoms with van der Waals surface area (Å²) in [5.74, 6) is 0.550. The molecule has 2 heterocycles. The Balaban J connectivity index is 2.36. The number of morpholine rings is 1. The van der Waals surface area contributed by atoms with Crippen molar-refractivity contribution < 1.29 is 9.53 Å². The number of halogens is 1. The molecule has 2 rings (SSSR count). The Morgan fingerprint density at radius 3 is 2.81 bits per heavy atom. The summed E-state index contributed by atoms with van der Waals surface area (Å²) >= 11 is 5.75. The molecule has 0 radical (unpaired) electrons. The van der Waals surface area contributed by atoms with E-state index in [-0.39, 0.29) is 11.1 Å². The van der Waals surface area contributed by atoms with Gasteiger partial charge >= 0.3 is 0 Å². The molecule has 0 amide bonds. The van der Waals surface area contributed by atoms with Crippen LogP contribution in [0.3, 0.4) is 0 Å². The van der Waals surface area contributed by atoms with Gasteiger partial charge in [-0.1, -0.05) is 0 Å². The smallest absolute Gasteiger partial charge is 0.224 e. The summed E-state index contributed by atoms with van der Waals surface area (Å²) in [6, 6.07) is 0. The van der Waals surface area contributed by atoms with Crippen LogP contribution in [0.1, 0.15) is 17.3 Å². The number of aromatic nitrogens is 2. The first-order valence-electron chi connectivity index (χ1n) is 5.04. The van der Waals surface area contributed by atoms with Gasteiger partial charge < -0.3 is 9.64 Å². The zero-order valence-corrected chi connectivity index (χ0v) is 9.70. The number of ether oxygens (including phenoxy) is 1. The number of nitrogens with zero attached hydrogens (tertiary/aromatic N) is 3. The van der Waals surface area contributed by atoms with E-state index in [0.29, 0.717) is 37.7 Å². The Labute approximate surface area is 98.4 Å². The van der Waals surface area contributed by atoms with E-state index in [2.05, 4.69) is 9.97 Å². The quantitative estimate of drug-likeness (QED) is 0.575. The van der Waals surface area contributed by atoms with E-state index >= 15 is 0 Å². The molecule has 16 heavy (non-hydrogen) atoms. The Morgan fingerprint density at radius 1 is 1.50 bits per heavy atom. The normalized spacial score (nSPS) is 16.2. The van der Waals surface area contributed by atoms with Gasteiger partial charge in [0.15, 0.2) is 5.78 Å². The minimum atomic E-state index is -0.0573. The molecule has 86 valence electrons. The van der Waals surface area contributed by atoms with E-state index < -0.39 is 0 Å². The first-order valence-corrected chi connectivity index (χ1v) is 5.42. The van der Waals surface area contributed by atoms with Gasteiger partial charge in [-0.25, -0.2) is 4.98 Å². The highest BCUT2D eigenvalue weighted by Crippen LogP contribution is 2.20. The molecule has 0 atom stereocenters. The number of carbonyl (C=O) groups excluding carboxylic acids is 1. The van der Waals surface area contributed by atoms with E-state index in [0.717, 1.165) is 0 Å². The van der Waals surface area contributed by atoms with Crippen LogP contribution in [0.4, 0.5) is 5.82 Å². The monoisotopic (exact) mass is 241 g/mol. The van der Waals surface area contributed by atoms with Gasteiger partial charge in [-0.2, -0.15) is 4.98 Å². The molecule has 1 saturated heterocycles. The first-order chi connectivity index (χ1) is 7.68. The maximum absolute atomic E-state index is 11.4. The van der Waals surface area contributed by atoms with Crippen LogP contribution in [0.2, 0.25) is 5.28 Å². The zero-order chi connectivity index (χ0) is 11.5. The second-order valence-corrected chi connectivity index (χ2v) is 3.87. The van der Waals surface area contributed by atoms with Gasteiger partial charge in [0.1, 0.15) is 5.82 Å². The van der Waals surface area contributed by atoms with Crippen molar-refractivity contribution in [2.24, 2.45) is 0 Å². The standard InChI is InChI=1S/C10H12ClN3O2/c1-7(15)8-6-12-10(11)13-9(8)14-2-4-16-5-3-14/h6H,2-5H2,1H3. The fourth-order valence-electron chi connectivity index (χ4n) is 1.62. The molecule has 0 unspecified atom stereocenters. The summed E-state index contributed by atoms with van der Waals surface area (Å²) in [6.45, 7) is 4.20. The van der Waals surface area contributed by atoms with E-state index in [1.54, 1.807) is 0 Å². The molecule has 6 heteroatoms. The van der Waals surface area contributed by atoms with Crippen LogP contribution in [0.25, 0.3) is 0 Å². The third kappa shape index (κ3) is 2.31. The molecule has 0 saturated carbocycles. The van der Waals surface area contributed by atoms with Crippen molar-refractivity contribution in [1.82, 2.24) is 9.97 Å². The van der Waals surface area contributed by atoms with Gasteiger partial charge in [-0.05, 0) is 18.5 Å². The van der Waals surface area contributed by atoms with Gasteiger partial charge in [0.25, 0.3) is 0 Å². The summed E-state index contributed by atoms with van der Waals surface area (Å²) in [4.78, 5) is 21.4. The molecule has 5 nitrogen and oxygen atoms in total. The highest BCUT2D eigenvalue weighted by molar-refractivity contribution is 6.28. The van der Waals surface area contributed by atoms with Crippen LogP contribution >= 0.6 is 11.6 Å². The molecule has 1 aromatic heterocycles. The predicted octanol–water partition coefficient (Wildman–Crippen LogP) is 1.17. The molecule has 0 aromatic carbocycles. The zero-order valence-electron chi connectivity index (χ0n) is 8.94. The van der Waals surface area contributed by atoms with E-state index in [1.807, 2.05) is 4.90 Å². The summed E-state index contributed by atoms with van der Waals surface area (Å²) < 4.78 is 5.25. The van der Waals surface area contributed by atoms with Crippen molar-refractivity contribution in [3.63, 3.8) is 0 Å². The lowest BCUT2D eigenvalue weighted by Gasteiger charge is -2.28. The highest BCUT2D eigenvalue weighted by atomic mass is 35.5. The minimum absolute atomic E-state index is 0.0573. The Kier molecular flexibility index (Phi) is 3.36. The lowest BCUT2D eigenvalue weighted by molar-refractivity contribution is 0.101. The van der Waals surface area contributed by atoms with Crippen molar-refractivity contribution >= 4 is 23.2 Å². The molecule has 0 aliphatic carbocycles. The van der Waals surface area contributed by atoms with Crippen LogP contribution in [0.5, 0.6) is 0 Å². The average molecular weight is 242 g/mol. The Bertz CT molecular complexity index is 405. The molecular formula is C10H12ClN3O2. The van der Waals surface area contributed by atoms with Crippen molar-refractivity contribution in [2.75, 3.05) is 31.2 Å². The number of anilines is 1. The van der Waals surface area contributed by atoms with E-state index in [9.17, 15) is 4.79 Å².